The van der Waals surface area contributed by atoms with Gasteiger partial charge in [-0.2, -0.15) is 0 Å². The van der Waals surface area contributed by atoms with Crippen molar-refractivity contribution in [3.8, 4) is 0 Å². The van der Waals surface area contributed by atoms with Crippen LogP contribution < -0.4 is 29.6 Å². The summed E-state index contributed by atoms with van der Waals surface area (Å²) >= 11 is 0. The molecule has 0 fully saturated rings. The molecule has 0 aromatic carbocycles. The van der Waals surface area contributed by atoms with Crippen molar-refractivity contribution in [3.05, 3.63) is 4.65 Å². The molecular formula is C10H26NNaSi2. The number of hydrogen-bond donors (Lipinski definition) is 0. The molecule has 0 saturated heterocycles. The Bertz CT molecular complexity index is 133. The largest absolute Gasteiger partial charge is 1.00 e. The SMILES string of the molecule is CCC[Si](C)(C)[N-][Si](C)(C)CCC.[Na+]. The zero-order valence-electron chi connectivity index (χ0n) is 11.3. The zero-order valence-corrected chi connectivity index (χ0v) is 15.3. The van der Waals surface area contributed by atoms with E-state index in [1.165, 1.54) is 24.9 Å². The first kappa shape index (κ1) is 17.8. The van der Waals surface area contributed by atoms with Crippen LogP contribution in [0.1, 0.15) is 26.7 Å². The van der Waals surface area contributed by atoms with E-state index in [4.69, 9.17) is 4.65 Å². The van der Waals surface area contributed by atoms with E-state index in [2.05, 4.69) is 40.0 Å². The van der Waals surface area contributed by atoms with Crippen LogP contribution in [0, 0.1) is 0 Å². The molecule has 0 bridgehead atoms. The van der Waals surface area contributed by atoms with Gasteiger partial charge in [-0.05, 0) is 0 Å². The molecule has 0 aliphatic rings. The van der Waals surface area contributed by atoms with Crippen molar-refractivity contribution in [3.63, 3.8) is 0 Å². The van der Waals surface area contributed by atoms with Gasteiger partial charge in [-0.3, -0.25) is 0 Å². The molecule has 0 aliphatic carbocycles. The summed E-state index contributed by atoms with van der Waals surface area (Å²) in [5.41, 5.74) is 0. The van der Waals surface area contributed by atoms with Gasteiger partial charge in [0.2, 0.25) is 0 Å². The van der Waals surface area contributed by atoms with Gasteiger partial charge in [-0.1, -0.05) is 81.4 Å². The summed E-state index contributed by atoms with van der Waals surface area (Å²) in [4.78, 5) is 0. The van der Waals surface area contributed by atoms with Crippen molar-refractivity contribution in [2.24, 2.45) is 0 Å². The van der Waals surface area contributed by atoms with Gasteiger partial charge >= 0.3 is 29.6 Å². The van der Waals surface area contributed by atoms with Crippen molar-refractivity contribution in [2.75, 3.05) is 0 Å². The van der Waals surface area contributed by atoms with E-state index in [1.54, 1.807) is 0 Å². The van der Waals surface area contributed by atoms with Gasteiger partial charge in [0.05, 0.1) is 0 Å². The number of rotatable bonds is 6. The van der Waals surface area contributed by atoms with Crippen LogP contribution in [0.3, 0.4) is 0 Å². The van der Waals surface area contributed by atoms with Gasteiger partial charge < -0.3 is 4.65 Å². The molecule has 80 valence electrons. The minimum atomic E-state index is -1.19. The third kappa shape index (κ3) is 8.68. The molecule has 1 nitrogen and oxygen atoms in total. The van der Waals surface area contributed by atoms with E-state index in [1.807, 2.05) is 0 Å². The predicted molar refractivity (Wildman–Crippen MR) is 68.5 cm³/mol. The first-order valence-corrected chi connectivity index (χ1v) is 11.9. The smallest absolute Gasteiger partial charge is 0.667 e. The molecule has 0 aliphatic heterocycles. The summed E-state index contributed by atoms with van der Waals surface area (Å²) in [6.07, 6.45) is 2.61. The van der Waals surface area contributed by atoms with Gasteiger partial charge in [0, 0.05) is 0 Å². The van der Waals surface area contributed by atoms with E-state index in [-0.39, 0.29) is 29.6 Å². The van der Waals surface area contributed by atoms with Crippen LogP contribution in [0.2, 0.25) is 38.3 Å². The minimum Gasteiger partial charge on any atom is -0.667 e. The molecule has 14 heavy (non-hydrogen) atoms. The summed E-state index contributed by atoms with van der Waals surface area (Å²) in [7, 11) is -2.38. The van der Waals surface area contributed by atoms with E-state index in [9.17, 15) is 0 Å². The van der Waals surface area contributed by atoms with Gasteiger partial charge in [-0.15, -0.1) is 0 Å². The summed E-state index contributed by atoms with van der Waals surface area (Å²) in [5.74, 6) is 0. The second-order valence-corrected chi connectivity index (χ2v) is 14.4. The Morgan fingerprint density at radius 1 is 0.786 bits per heavy atom. The molecule has 0 N–H and O–H groups in total. The fourth-order valence-electron chi connectivity index (χ4n) is 2.15. The normalized spacial score (nSPS) is 12.4. The Kier molecular flexibility index (Phi) is 9.69. The standard InChI is InChI=1S/C10H26NSi2.Na/c1-7-9-12(3,4)11-13(5,6)10-8-2;/h7-10H2,1-6H3;/q-1;+1. The average Bonchev–Trinajstić information content (AvgIpc) is 1.82. The van der Waals surface area contributed by atoms with Crippen LogP contribution in [0.25, 0.3) is 4.65 Å². The Hall–Kier alpha value is 1.39. The average molecular weight is 239 g/mol. The number of nitrogens with zero attached hydrogens (tertiary/aromatic N) is 1. The predicted octanol–water partition coefficient (Wildman–Crippen LogP) is 1.59. The topological polar surface area (TPSA) is 14.1 Å². The fraction of sp³-hybridized carbons (Fsp3) is 1.00. The Labute approximate surface area is 115 Å². The van der Waals surface area contributed by atoms with E-state index >= 15 is 0 Å². The monoisotopic (exact) mass is 239 g/mol. The number of hydrogen-bond acceptors (Lipinski definition) is 0. The second kappa shape index (κ2) is 7.63. The van der Waals surface area contributed by atoms with Crippen molar-refractivity contribution in [1.82, 2.24) is 0 Å². The second-order valence-electron chi connectivity index (χ2n) is 5.24. The first-order chi connectivity index (χ1) is 5.83. The molecular weight excluding hydrogens is 213 g/mol. The van der Waals surface area contributed by atoms with Crippen LogP contribution in [0.15, 0.2) is 0 Å². The van der Waals surface area contributed by atoms with Crippen molar-refractivity contribution in [2.45, 2.75) is 65.0 Å². The van der Waals surface area contributed by atoms with Crippen LogP contribution in [-0.4, -0.2) is 16.5 Å². The van der Waals surface area contributed by atoms with Crippen LogP contribution >= 0.6 is 0 Å². The van der Waals surface area contributed by atoms with E-state index in [0.717, 1.165) is 0 Å². The fourth-order valence-corrected chi connectivity index (χ4v) is 12.1. The van der Waals surface area contributed by atoms with Gasteiger partial charge in [0.25, 0.3) is 0 Å². The zero-order chi connectivity index (χ0) is 10.5. The van der Waals surface area contributed by atoms with Gasteiger partial charge in [0.15, 0.2) is 0 Å². The van der Waals surface area contributed by atoms with Gasteiger partial charge in [-0.25, -0.2) is 0 Å². The molecule has 0 heterocycles. The third-order valence-electron chi connectivity index (χ3n) is 2.33. The summed E-state index contributed by atoms with van der Waals surface area (Å²) in [5, 5.41) is 0. The Morgan fingerprint density at radius 2 is 1.07 bits per heavy atom. The van der Waals surface area contributed by atoms with E-state index in [0.29, 0.717) is 0 Å². The van der Waals surface area contributed by atoms with Crippen LogP contribution in [0.5, 0.6) is 0 Å². The summed E-state index contributed by atoms with van der Waals surface area (Å²) in [6, 6.07) is 2.74. The van der Waals surface area contributed by atoms with Crippen LogP contribution in [0.4, 0.5) is 0 Å². The summed E-state index contributed by atoms with van der Waals surface area (Å²) in [6.45, 7) is 14.2. The van der Waals surface area contributed by atoms with Gasteiger partial charge in [0.1, 0.15) is 0 Å². The van der Waals surface area contributed by atoms with Crippen molar-refractivity contribution in [1.29, 1.82) is 0 Å². The molecule has 0 rings (SSSR count). The minimum absolute atomic E-state index is 0. The van der Waals surface area contributed by atoms with Crippen LogP contribution in [-0.2, 0) is 0 Å². The van der Waals surface area contributed by atoms with E-state index < -0.39 is 16.5 Å². The molecule has 0 saturated carbocycles. The maximum atomic E-state index is 5.20. The Balaban J connectivity index is 0. The summed E-state index contributed by atoms with van der Waals surface area (Å²) < 4.78 is 5.20. The maximum Gasteiger partial charge on any atom is 1.00 e. The Morgan fingerprint density at radius 3 is 1.29 bits per heavy atom. The first-order valence-electron chi connectivity index (χ1n) is 5.57. The quantitative estimate of drug-likeness (QED) is 0.625. The molecule has 0 spiro atoms. The maximum absolute atomic E-state index is 5.20. The van der Waals surface area contributed by atoms with Crippen molar-refractivity contribution < 1.29 is 29.6 Å². The molecule has 0 atom stereocenters. The molecule has 0 radical (unpaired) electrons. The molecule has 0 aromatic rings. The van der Waals surface area contributed by atoms with Crippen molar-refractivity contribution >= 4 is 16.5 Å². The molecule has 0 aromatic heterocycles. The molecule has 0 unspecified atom stereocenters. The third-order valence-corrected chi connectivity index (χ3v) is 10.6. The molecule has 0 amide bonds. The molecule has 4 heteroatoms.